The van der Waals surface area contributed by atoms with Crippen LogP contribution >= 0.6 is 11.6 Å². The number of aromatic nitrogens is 2. The minimum Gasteiger partial charge on any atom is -0.376 e. The molecule has 0 aliphatic carbocycles. The number of carbonyl (C=O) groups is 1. The number of amides is 1. The van der Waals surface area contributed by atoms with Crippen LogP contribution in [0.2, 0.25) is 5.02 Å². The molecular weight excluding hydrogens is 424 g/mol. The van der Waals surface area contributed by atoms with Crippen LogP contribution in [0.5, 0.6) is 0 Å². The Morgan fingerprint density at radius 3 is 2.81 bits per heavy atom. The Labute approximate surface area is 194 Å². The Morgan fingerprint density at radius 1 is 1.22 bits per heavy atom. The third kappa shape index (κ3) is 5.38. The highest BCUT2D eigenvalue weighted by atomic mass is 35.5. The van der Waals surface area contributed by atoms with Gasteiger partial charge in [-0.15, -0.1) is 0 Å². The van der Waals surface area contributed by atoms with Gasteiger partial charge in [0.2, 0.25) is 0 Å². The maximum Gasteiger partial charge on any atom is 0.255 e. The predicted octanol–water partition coefficient (Wildman–Crippen LogP) is 4.24. The molecule has 1 amide bonds. The molecular formula is C25H29ClN4O2. The molecule has 0 saturated carbocycles. The molecule has 2 heterocycles. The monoisotopic (exact) mass is 452 g/mol. The topological polar surface area (TPSA) is 59.4 Å². The third-order valence-corrected chi connectivity index (χ3v) is 5.91. The third-order valence-electron chi connectivity index (χ3n) is 5.68. The molecule has 1 atom stereocenters. The zero-order chi connectivity index (χ0) is 22.5. The zero-order valence-electron chi connectivity index (χ0n) is 18.6. The van der Waals surface area contributed by atoms with Crippen molar-refractivity contribution in [3.63, 3.8) is 0 Å². The Balaban J connectivity index is 1.42. The van der Waals surface area contributed by atoms with Gasteiger partial charge in [0.25, 0.3) is 5.91 Å². The number of ether oxygens (including phenoxy) is 1. The fourth-order valence-corrected chi connectivity index (χ4v) is 4.33. The second kappa shape index (κ2) is 10.3. The fraction of sp³-hybridized carbons (Fsp3) is 0.360. The summed E-state index contributed by atoms with van der Waals surface area (Å²) in [5.74, 6) is -0.123. The molecule has 1 fully saturated rings. The van der Waals surface area contributed by atoms with Gasteiger partial charge in [0.05, 0.1) is 35.9 Å². The molecule has 4 rings (SSSR count). The molecule has 1 unspecified atom stereocenters. The van der Waals surface area contributed by atoms with E-state index in [0.29, 0.717) is 23.6 Å². The van der Waals surface area contributed by atoms with E-state index >= 15 is 0 Å². The molecule has 3 aromatic rings. The molecule has 1 aliphatic rings. The van der Waals surface area contributed by atoms with E-state index in [9.17, 15) is 4.79 Å². The van der Waals surface area contributed by atoms with Gasteiger partial charge < -0.3 is 10.1 Å². The standard InChI is InChI=1S/C25H29ClN4O2/c1-3-24-23(15-28-30(24)22-9-5-8-21(26)13-22)25(31)27-14-19-6-4-7-20(12-19)17-29-10-11-32-18(2)16-29/h4-9,12-13,15,18H,3,10-11,14,16-17H2,1-2H3,(H,27,31). The Hall–Kier alpha value is -2.67. The van der Waals surface area contributed by atoms with Gasteiger partial charge in [-0.2, -0.15) is 5.10 Å². The average molecular weight is 453 g/mol. The first kappa shape index (κ1) is 22.5. The molecule has 1 aromatic heterocycles. The maximum absolute atomic E-state index is 12.9. The molecule has 0 radical (unpaired) electrons. The lowest BCUT2D eigenvalue weighted by atomic mass is 10.1. The van der Waals surface area contributed by atoms with Crippen molar-refractivity contribution in [3.8, 4) is 5.69 Å². The first-order valence-corrected chi connectivity index (χ1v) is 11.4. The van der Waals surface area contributed by atoms with Gasteiger partial charge in [0.15, 0.2) is 0 Å². The molecule has 32 heavy (non-hydrogen) atoms. The SMILES string of the molecule is CCc1c(C(=O)NCc2cccc(CN3CCOC(C)C3)c2)cnn1-c1cccc(Cl)c1. The highest BCUT2D eigenvalue weighted by Crippen LogP contribution is 2.19. The van der Waals surface area contributed by atoms with Crippen molar-refractivity contribution in [2.24, 2.45) is 0 Å². The molecule has 168 valence electrons. The molecule has 2 aromatic carbocycles. The number of nitrogens with zero attached hydrogens (tertiary/aromatic N) is 3. The van der Waals surface area contributed by atoms with Crippen LogP contribution in [-0.2, 0) is 24.2 Å². The van der Waals surface area contributed by atoms with Crippen molar-refractivity contribution in [1.82, 2.24) is 20.0 Å². The zero-order valence-corrected chi connectivity index (χ0v) is 19.3. The van der Waals surface area contributed by atoms with E-state index in [1.807, 2.05) is 37.3 Å². The molecule has 6 nitrogen and oxygen atoms in total. The number of benzene rings is 2. The molecule has 1 aliphatic heterocycles. The summed E-state index contributed by atoms with van der Waals surface area (Å²) in [5, 5.41) is 8.13. The summed E-state index contributed by atoms with van der Waals surface area (Å²) in [4.78, 5) is 15.3. The van der Waals surface area contributed by atoms with Crippen LogP contribution in [0.3, 0.4) is 0 Å². The van der Waals surface area contributed by atoms with Crippen molar-refractivity contribution in [3.05, 3.63) is 82.1 Å². The summed E-state index contributed by atoms with van der Waals surface area (Å²) >= 11 is 6.13. The van der Waals surface area contributed by atoms with E-state index < -0.39 is 0 Å². The first-order valence-electron chi connectivity index (χ1n) is 11.1. The van der Waals surface area contributed by atoms with Crippen LogP contribution in [0.1, 0.15) is 41.0 Å². The second-order valence-corrected chi connectivity index (χ2v) is 8.61. The van der Waals surface area contributed by atoms with Crippen molar-refractivity contribution >= 4 is 17.5 Å². The summed E-state index contributed by atoms with van der Waals surface area (Å²) in [5.41, 5.74) is 4.62. The van der Waals surface area contributed by atoms with Gasteiger partial charge in [-0.25, -0.2) is 4.68 Å². The highest BCUT2D eigenvalue weighted by Gasteiger charge is 2.18. The van der Waals surface area contributed by atoms with E-state index in [4.69, 9.17) is 16.3 Å². The van der Waals surface area contributed by atoms with Crippen LogP contribution < -0.4 is 5.32 Å². The number of carbonyl (C=O) groups excluding carboxylic acids is 1. The van der Waals surface area contributed by atoms with Crippen molar-refractivity contribution in [2.45, 2.75) is 39.5 Å². The van der Waals surface area contributed by atoms with Gasteiger partial charge in [-0.05, 0) is 42.7 Å². The lowest BCUT2D eigenvalue weighted by molar-refractivity contribution is -0.0212. The predicted molar refractivity (Wildman–Crippen MR) is 126 cm³/mol. The summed E-state index contributed by atoms with van der Waals surface area (Å²) in [6, 6.07) is 15.9. The van der Waals surface area contributed by atoms with Crippen LogP contribution in [0.25, 0.3) is 5.69 Å². The van der Waals surface area contributed by atoms with E-state index in [2.05, 4.69) is 40.4 Å². The van der Waals surface area contributed by atoms with Gasteiger partial charge in [-0.3, -0.25) is 9.69 Å². The summed E-state index contributed by atoms with van der Waals surface area (Å²) < 4.78 is 7.41. The highest BCUT2D eigenvalue weighted by molar-refractivity contribution is 6.30. The molecule has 1 saturated heterocycles. The smallest absolute Gasteiger partial charge is 0.255 e. The molecule has 0 spiro atoms. The second-order valence-electron chi connectivity index (χ2n) is 8.17. The van der Waals surface area contributed by atoms with Crippen LogP contribution in [-0.4, -0.2) is 46.4 Å². The Morgan fingerprint density at radius 2 is 2.03 bits per heavy atom. The van der Waals surface area contributed by atoms with E-state index in [1.54, 1.807) is 10.9 Å². The largest absolute Gasteiger partial charge is 0.376 e. The summed E-state index contributed by atoms with van der Waals surface area (Å²) in [7, 11) is 0. The van der Waals surface area contributed by atoms with Crippen LogP contribution in [0.4, 0.5) is 0 Å². The summed E-state index contributed by atoms with van der Waals surface area (Å²) in [6.07, 6.45) is 2.58. The van der Waals surface area contributed by atoms with E-state index in [0.717, 1.165) is 43.2 Å². The van der Waals surface area contributed by atoms with Crippen molar-refractivity contribution in [2.75, 3.05) is 19.7 Å². The van der Waals surface area contributed by atoms with E-state index in [-0.39, 0.29) is 12.0 Å². The number of morpholine rings is 1. The number of rotatable bonds is 7. The van der Waals surface area contributed by atoms with Crippen LogP contribution in [0.15, 0.2) is 54.7 Å². The summed E-state index contributed by atoms with van der Waals surface area (Å²) in [6.45, 7) is 8.15. The Bertz CT molecular complexity index is 1080. The van der Waals surface area contributed by atoms with Gasteiger partial charge in [0.1, 0.15) is 0 Å². The van der Waals surface area contributed by atoms with Crippen LogP contribution in [0, 0.1) is 0 Å². The van der Waals surface area contributed by atoms with Crippen molar-refractivity contribution < 1.29 is 9.53 Å². The lowest BCUT2D eigenvalue weighted by Crippen LogP contribution is -2.40. The number of nitrogens with one attached hydrogen (secondary N) is 1. The van der Waals surface area contributed by atoms with Crippen molar-refractivity contribution in [1.29, 1.82) is 0 Å². The molecule has 7 heteroatoms. The Kier molecular flexibility index (Phi) is 7.25. The molecule has 1 N–H and O–H groups in total. The van der Waals surface area contributed by atoms with Gasteiger partial charge >= 0.3 is 0 Å². The average Bonchev–Trinajstić information content (AvgIpc) is 3.22. The normalized spacial score (nSPS) is 16.8. The maximum atomic E-state index is 12.9. The van der Waals surface area contributed by atoms with Gasteiger partial charge in [0, 0.05) is 31.2 Å². The number of hydrogen-bond donors (Lipinski definition) is 1. The van der Waals surface area contributed by atoms with E-state index in [1.165, 1.54) is 5.56 Å². The number of hydrogen-bond acceptors (Lipinski definition) is 4. The number of halogens is 1. The van der Waals surface area contributed by atoms with Gasteiger partial charge in [-0.1, -0.05) is 48.9 Å². The fourth-order valence-electron chi connectivity index (χ4n) is 4.14. The lowest BCUT2D eigenvalue weighted by Gasteiger charge is -2.31. The minimum absolute atomic E-state index is 0.123. The molecule has 0 bridgehead atoms. The minimum atomic E-state index is -0.123. The first-order chi connectivity index (χ1) is 15.5. The quantitative estimate of drug-likeness (QED) is 0.582.